The molecule has 0 radical (unpaired) electrons. The zero-order chi connectivity index (χ0) is 11.5. The maximum Gasteiger partial charge on any atom is 0.320 e. The van der Waals surface area contributed by atoms with Gasteiger partial charge in [0.05, 0.1) is 5.69 Å². The van der Waals surface area contributed by atoms with E-state index >= 15 is 0 Å². The largest absolute Gasteiger partial charge is 0.407 e. The van der Waals surface area contributed by atoms with Crippen LogP contribution in [0.1, 0.15) is 5.89 Å². The van der Waals surface area contributed by atoms with E-state index in [1.165, 1.54) is 0 Å². The van der Waals surface area contributed by atoms with E-state index in [0.717, 1.165) is 18.2 Å². The third kappa shape index (κ3) is 2.27. The van der Waals surface area contributed by atoms with Gasteiger partial charge >= 0.3 is 6.01 Å². The van der Waals surface area contributed by atoms with E-state index in [0.29, 0.717) is 0 Å². The summed E-state index contributed by atoms with van der Waals surface area (Å²) in [5.41, 5.74) is -0.0789. The van der Waals surface area contributed by atoms with Gasteiger partial charge in [-0.2, -0.15) is 0 Å². The maximum atomic E-state index is 13.2. The minimum Gasteiger partial charge on any atom is -0.407 e. The fourth-order valence-electron chi connectivity index (χ4n) is 1.07. The van der Waals surface area contributed by atoms with Crippen molar-refractivity contribution >= 4 is 23.3 Å². The lowest BCUT2D eigenvalue weighted by Crippen LogP contribution is -1.94. The molecule has 0 atom stereocenters. The van der Waals surface area contributed by atoms with Gasteiger partial charge in [-0.25, -0.2) is 8.78 Å². The standard InChI is InChI=1S/C9H6ClF2N3O/c10-4-8-14-15-9(16-8)13-7-3-5(11)1-2-6(7)12/h1-3H,4H2,(H,13,15). The lowest BCUT2D eigenvalue weighted by Gasteiger charge is -2.02. The SMILES string of the molecule is Fc1ccc(F)c(Nc2nnc(CCl)o2)c1. The summed E-state index contributed by atoms with van der Waals surface area (Å²) in [4.78, 5) is 0. The molecule has 0 saturated carbocycles. The van der Waals surface area contributed by atoms with Crippen LogP contribution in [0.25, 0.3) is 0 Å². The number of aromatic nitrogens is 2. The first-order valence-electron chi connectivity index (χ1n) is 4.29. The summed E-state index contributed by atoms with van der Waals surface area (Å²) in [5.74, 6) is -0.936. The normalized spacial score (nSPS) is 10.4. The quantitative estimate of drug-likeness (QED) is 0.845. The van der Waals surface area contributed by atoms with Crippen molar-refractivity contribution < 1.29 is 13.2 Å². The highest BCUT2D eigenvalue weighted by molar-refractivity contribution is 6.16. The van der Waals surface area contributed by atoms with Crippen LogP contribution in [0, 0.1) is 11.6 Å². The van der Waals surface area contributed by atoms with E-state index < -0.39 is 11.6 Å². The zero-order valence-electron chi connectivity index (χ0n) is 7.88. The Morgan fingerprint density at radius 1 is 1.31 bits per heavy atom. The summed E-state index contributed by atoms with van der Waals surface area (Å²) in [6.07, 6.45) is 0. The molecule has 2 rings (SSSR count). The van der Waals surface area contributed by atoms with Crippen LogP contribution in [0.5, 0.6) is 0 Å². The first kappa shape index (κ1) is 10.8. The Bertz CT molecular complexity index is 503. The van der Waals surface area contributed by atoms with Gasteiger partial charge in [0.25, 0.3) is 0 Å². The smallest absolute Gasteiger partial charge is 0.320 e. The third-order valence-electron chi connectivity index (χ3n) is 1.75. The minimum atomic E-state index is -0.618. The summed E-state index contributed by atoms with van der Waals surface area (Å²) in [6, 6.07) is 2.95. The molecule has 0 saturated heterocycles. The summed E-state index contributed by atoms with van der Waals surface area (Å²) >= 11 is 5.44. The van der Waals surface area contributed by atoms with E-state index in [2.05, 4.69) is 15.5 Å². The molecule has 0 aliphatic rings. The van der Waals surface area contributed by atoms with Crippen LogP contribution in [-0.4, -0.2) is 10.2 Å². The van der Waals surface area contributed by atoms with Gasteiger partial charge in [-0.3, -0.25) is 0 Å². The van der Waals surface area contributed by atoms with Crippen LogP contribution >= 0.6 is 11.6 Å². The van der Waals surface area contributed by atoms with Crippen LogP contribution in [0.4, 0.5) is 20.5 Å². The molecule has 1 aromatic heterocycles. The molecule has 1 N–H and O–H groups in total. The van der Waals surface area contributed by atoms with Crippen molar-refractivity contribution in [2.75, 3.05) is 5.32 Å². The highest BCUT2D eigenvalue weighted by atomic mass is 35.5. The summed E-state index contributed by atoms with van der Waals surface area (Å²) < 4.78 is 31.0. The van der Waals surface area contributed by atoms with Crippen LogP contribution in [0.2, 0.25) is 0 Å². The van der Waals surface area contributed by atoms with Gasteiger partial charge < -0.3 is 9.73 Å². The van der Waals surface area contributed by atoms with Crippen molar-refractivity contribution in [3.63, 3.8) is 0 Å². The van der Waals surface area contributed by atoms with E-state index in [1.54, 1.807) is 0 Å². The Morgan fingerprint density at radius 2 is 2.12 bits per heavy atom. The molecule has 16 heavy (non-hydrogen) atoms. The summed E-state index contributed by atoms with van der Waals surface area (Å²) in [7, 11) is 0. The maximum absolute atomic E-state index is 13.2. The molecular formula is C9H6ClF2N3O. The molecule has 4 nitrogen and oxygen atoms in total. The number of rotatable bonds is 3. The van der Waals surface area contributed by atoms with Crippen molar-refractivity contribution in [1.82, 2.24) is 10.2 Å². The molecule has 1 heterocycles. The lowest BCUT2D eigenvalue weighted by molar-refractivity contribution is 0.528. The van der Waals surface area contributed by atoms with E-state index in [4.69, 9.17) is 16.0 Å². The van der Waals surface area contributed by atoms with Crippen LogP contribution in [0.15, 0.2) is 22.6 Å². The second-order valence-corrected chi connectivity index (χ2v) is 3.15. The highest BCUT2D eigenvalue weighted by Crippen LogP contribution is 2.20. The van der Waals surface area contributed by atoms with Crippen molar-refractivity contribution in [3.05, 3.63) is 35.7 Å². The fraction of sp³-hybridized carbons (Fsp3) is 0.111. The average molecular weight is 246 g/mol. The Morgan fingerprint density at radius 3 is 2.81 bits per heavy atom. The monoisotopic (exact) mass is 245 g/mol. The molecule has 84 valence electrons. The van der Waals surface area contributed by atoms with Crippen LogP contribution in [0.3, 0.4) is 0 Å². The molecule has 7 heteroatoms. The predicted octanol–water partition coefficient (Wildman–Crippen LogP) is 2.83. The average Bonchev–Trinajstić information content (AvgIpc) is 2.71. The van der Waals surface area contributed by atoms with Gasteiger partial charge in [-0.15, -0.1) is 16.7 Å². The number of benzene rings is 1. The second-order valence-electron chi connectivity index (χ2n) is 2.88. The van der Waals surface area contributed by atoms with Crippen LogP contribution in [-0.2, 0) is 5.88 Å². The number of halogens is 3. The number of nitrogens with one attached hydrogen (secondary N) is 1. The molecule has 2 aromatic rings. The van der Waals surface area contributed by atoms with Crippen molar-refractivity contribution in [2.45, 2.75) is 5.88 Å². The van der Waals surface area contributed by atoms with E-state index in [9.17, 15) is 8.78 Å². The van der Waals surface area contributed by atoms with Crippen molar-refractivity contribution in [3.8, 4) is 0 Å². The van der Waals surface area contributed by atoms with E-state index in [-0.39, 0.29) is 23.5 Å². The van der Waals surface area contributed by atoms with Gasteiger partial charge in [-0.05, 0) is 12.1 Å². The molecule has 0 aliphatic heterocycles. The molecule has 0 unspecified atom stereocenters. The van der Waals surface area contributed by atoms with Gasteiger partial charge in [-0.1, -0.05) is 5.10 Å². The second kappa shape index (κ2) is 4.44. The predicted molar refractivity (Wildman–Crippen MR) is 53.5 cm³/mol. The van der Waals surface area contributed by atoms with Gasteiger partial charge in [0.1, 0.15) is 17.5 Å². The Kier molecular flexibility index (Phi) is 3.00. The molecule has 0 amide bonds. The lowest BCUT2D eigenvalue weighted by atomic mass is 10.3. The summed E-state index contributed by atoms with van der Waals surface area (Å²) in [5, 5.41) is 9.56. The fourth-order valence-corrected chi connectivity index (χ4v) is 1.17. The number of hydrogen-bond donors (Lipinski definition) is 1. The molecule has 0 fully saturated rings. The Hall–Kier alpha value is -1.69. The van der Waals surface area contributed by atoms with Gasteiger partial charge in [0.2, 0.25) is 5.89 Å². The van der Waals surface area contributed by atoms with Gasteiger partial charge in [0.15, 0.2) is 0 Å². The van der Waals surface area contributed by atoms with E-state index in [1.807, 2.05) is 0 Å². The molecule has 0 bridgehead atoms. The zero-order valence-corrected chi connectivity index (χ0v) is 8.63. The van der Waals surface area contributed by atoms with Crippen molar-refractivity contribution in [2.24, 2.45) is 0 Å². The Labute approximate surface area is 94.2 Å². The number of nitrogens with zero attached hydrogens (tertiary/aromatic N) is 2. The van der Waals surface area contributed by atoms with Gasteiger partial charge in [0, 0.05) is 6.07 Å². The Balaban J connectivity index is 2.22. The molecule has 0 aliphatic carbocycles. The third-order valence-corrected chi connectivity index (χ3v) is 1.98. The number of anilines is 2. The number of hydrogen-bond acceptors (Lipinski definition) is 4. The highest BCUT2D eigenvalue weighted by Gasteiger charge is 2.09. The number of alkyl halides is 1. The first-order valence-corrected chi connectivity index (χ1v) is 4.83. The molecular weight excluding hydrogens is 240 g/mol. The minimum absolute atomic E-state index is 0.0415. The molecule has 0 spiro atoms. The first-order chi connectivity index (χ1) is 7.69. The van der Waals surface area contributed by atoms with Crippen molar-refractivity contribution in [1.29, 1.82) is 0 Å². The topological polar surface area (TPSA) is 51.0 Å². The summed E-state index contributed by atoms with van der Waals surface area (Å²) in [6.45, 7) is 0. The van der Waals surface area contributed by atoms with Crippen LogP contribution < -0.4 is 5.32 Å². The molecule has 1 aromatic carbocycles.